The van der Waals surface area contributed by atoms with Gasteiger partial charge in [0, 0.05) is 60.7 Å². The molecule has 4 aliphatic rings. The summed E-state index contributed by atoms with van der Waals surface area (Å²) in [5.74, 6) is 0.478. The highest BCUT2D eigenvalue weighted by Gasteiger charge is 2.51. The van der Waals surface area contributed by atoms with Gasteiger partial charge in [0.15, 0.2) is 0 Å². The number of ether oxygens (including phenoxy) is 1. The summed E-state index contributed by atoms with van der Waals surface area (Å²) >= 11 is 6.26. The van der Waals surface area contributed by atoms with Crippen molar-refractivity contribution in [2.45, 2.75) is 110 Å². The van der Waals surface area contributed by atoms with Crippen molar-refractivity contribution < 1.29 is 19.1 Å². The van der Waals surface area contributed by atoms with Crippen LogP contribution in [0.25, 0.3) is 0 Å². The van der Waals surface area contributed by atoms with Crippen molar-refractivity contribution in [2.75, 3.05) is 45.9 Å². The predicted molar refractivity (Wildman–Crippen MR) is 178 cm³/mol. The summed E-state index contributed by atoms with van der Waals surface area (Å²) < 4.78 is 5.56. The summed E-state index contributed by atoms with van der Waals surface area (Å²) in [6, 6.07) is 7.23. The molecule has 0 bridgehead atoms. The quantitative estimate of drug-likeness (QED) is 0.428. The molecular formula is C36H55ClN4O4. The van der Waals surface area contributed by atoms with Gasteiger partial charge in [-0.1, -0.05) is 51.4 Å². The first-order chi connectivity index (χ1) is 21.1. The zero-order valence-corrected chi connectivity index (χ0v) is 29.3. The standard InChI is InChI=1S/C36H55ClN4O4/c1-24-8-14-27(15-9-24)41(34(44)35(2,3)4)28-20-31(33(43)38-16-18-45-19-17-38)40(21-28)32(42)30-23-39(36(5,6)7)22-29(30)25-10-12-26(37)13-11-25/h10-13,24,27-31H,8-9,14-23H2,1-7H3/t24-,27+,28?,29-,30+,31-/m0/s1. The number of carbonyl (C=O) groups excluding carboxylic acids is 3. The topological polar surface area (TPSA) is 73.4 Å². The average molecular weight is 643 g/mol. The lowest BCUT2D eigenvalue weighted by Crippen LogP contribution is -2.53. The fourth-order valence-corrected chi connectivity index (χ4v) is 8.01. The van der Waals surface area contributed by atoms with E-state index in [2.05, 4.69) is 37.5 Å². The van der Waals surface area contributed by atoms with Gasteiger partial charge < -0.3 is 19.4 Å². The number of morpholine rings is 1. The monoisotopic (exact) mass is 642 g/mol. The van der Waals surface area contributed by atoms with Crippen LogP contribution in [0.15, 0.2) is 24.3 Å². The van der Waals surface area contributed by atoms with Crippen molar-refractivity contribution in [1.82, 2.24) is 19.6 Å². The van der Waals surface area contributed by atoms with E-state index in [1.54, 1.807) is 0 Å². The van der Waals surface area contributed by atoms with E-state index in [0.717, 1.165) is 37.8 Å². The Hall–Kier alpha value is -2.16. The van der Waals surface area contributed by atoms with Crippen molar-refractivity contribution in [3.8, 4) is 0 Å². The lowest BCUT2D eigenvalue weighted by molar-refractivity contribution is -0.148. The Balaban J connectivity index is 1.49. The minimum absolute atomic E-state index is 0.0108. The summed E-state index contributed by atoms with van der Waals surface area (Å²) in [6.45, 7) is 18.7. The van der Waals surface area contributed by atoms with Crippen LogP contribution >= 0.6 is 11.6 Å². The first-order valence-electron chi connectivity index (χ1n) is 17.2. The molecule has 1 unspecified atom stereocenters. The highest BCUT2D eigenvalue weighted by Crippen LogP contribution is 2.41. The zero-order valence-electron chi connectivity index (χ0n) is 28.6. The Morgan fingerprint density at radius 1 is 0.844 bits per heavy atom. The van der Waals surface area contributed by atoms with Gasteiger partial charge in [-0.2, -0.15) is 0 Å². The molecule has 0 spiro atoms. The molecule has 250 valence electrons. The molecule has 3 aliphatic heterocycles. The fourth-order valence-electron chi connectivity index (χ4n) is 7.89. The molecule has 4 atom stereocenters. The largest absolute Gasteiger partial charge is 0.378 e. The number of nitrogens with zero attached hydrogens (tertiary/aromatic N) is 4. The average Bonchev–Trinajstić information content (AvgIpc) is 3.64. The van der Waals surface area contributed by atoms with Crippen LogP contribution in [0.2, 0.25) is 5.02 Å². The Kier molecular flexibility index (Phi) is 10.3. The maximum absolute atomic E-state index is 14.9. The second-order valence-electron chi connectivity index (χ2n) is 16.1. The van der Waals surface area contributed by atoms with Crippen molar-refractivity contribution in [2.24, 2.45) is 17.3 Å². The minimum Gasteiger partial charge on any atom is -0.378 e. The van der Waals surface area contributed by atoms with E-state index < -0.39 is 11.5 Å². The van der Waals surface area contributed by atoms with Crippen LogP contribution in [0.3, 0.4) is 0 Å². The summed E-state index contributed by atoms with van der Waals surface area (Å²) in [5, 5.41) is 0.673. The number of likely N-dealkylation sites (tertiary alicyclic amines) is 2. The van der Waals surface area contributed by atoms with E-state index in [-0.39, 0.29) is 47.2 Å². The third-order valence-electron chi connectivity index (χ3n) is 10.7. The molecular weight excluding hydrogens is 588 g/mol. The van der Waals surface area contributed by atoms with Crippen LogP contribution in [-0.2, 0) is 19.1 Å². The maximum Gasteiger partial charge on any atom is 0.245 e. The summed E-state index contributed by atoms with van der Waals surface area (Å²) in [4.78, 5) is 51.5. The molecule has 1 aromatic carbocycles. The van der Waals surface area contributed by atoms with E-state index in [9.17, 15) is 14.4 Å². The summed E-state index contributed by atoms with van der Waals surface area (Å²) in [5.41, 5.74) is 0.435. The van der Waals surface area contributed by atoms with E-state index in [4.69, 9.17) is 16.3 Å². The number of rotatable bonds is 5. The highest BCUT2D eigenvalue weighted by molar-refractivity contribution is 6.30. The van der Waals surface area contributed by atoms with Gasteiger partial charge in [-0.05, 0) is 76.5 Å². The van der Waals surface area contributed by atoms with Gasteiger partial charge >= 0.3 is 0 Å². The minimum atomic E-state index is -0.590. The van der Waals surface area contributed by atoms with Crippen LogP contribution in [0, 0.1) is 17.3 Å². The smallest absolute Gasteiger partial charge is 0.245 e. The first kappa shape index (κ1) is 34.2. The molecule has 3 heterocycles. The molecule has 8 nitrogen and oxygen atoms in total. The van der Waals surface area contributed by atoms with Crippen LogP contribution in [-0.4, -0.2) is 107 Å². The molecule has 0 aromatic heterocycles. The molecule has 5 rings (SSSR count). The van der Waals surface area contributed by atoms with Crippen LogP contribution in [0.4, 0.5) is 0 Å². The third kappa shape index (κ3) is 7.54. The van der Waals surface area contributed by atoms with Crippen LogP contribution in [0.5, 0.6) is 0 Å². The Morgan fingerprint density at radius 2 is 1.47 bits per heavy atom. The number of benzene rings is 1. The molecule has 4 fully saturated rings. The van der Waals surface area contributed by atoms with E-state index in [1.807, 2.05) is 54.8 Å². The molecule has 0 N–H and O–H groups in total. The molecule has 3 saturated heterocycles. The molecule has 1 aliphatic carbocycles. The fraction of sp³-hybridized carbons (Fsp3) is 0.750. The Bertz CT molecular complexity index is 1210. The van der Waals surface area contributed by atoms with Gasteiger partial charge in [-0.25, -0.2) is 0 Å². The van der Waals surface area contributed by atoms with Crippen molar-refractivity contribution in [3.05, 3.63) is 34.9 Å². The van der Waals surface area contributed by atoms with E-state index in [1.165, 1.54) is 0 Å². The molecule has 1 aromatic rings. The van der Waals surface area contributed by atoms with Gasteiger partial charge in [0.05, 0.1) is 25.2 Å². The number of hydrogen-bond donors (Lipinski definition) is 0. The summed E-state index contributed by atoms with van der Waals surface area (Å²) in [6.07, 6.45) is 4.61. The number of amides is 3. The van der Waals surface area contributed by atoms with Gasteiger partial charge in [0.25, 0.3) is 0 Å². The maximum atomic E-state index is 14.9. The molecule has 45 heavy (non-hydrogen) atoms. The van der Waals surface area contributed by atoms with Crippen molar-refractivity contribution in [3.63, 3.8) is 0 Å². The Labute approximate surface area is 275 Å². The molecule has 9 heteroatoms. The Morgan fingerprint density at radius 3 is 2.04 bits per heavy atom. The van der Waals surface area contributed by atoms with E-state index in [0.29, 0.717) is 56.8 Å². The van der Waals surface area contributed by atoms with Gasteiger partial charge in [-0.15, -0.1) is 0 Å². The predicted octanol–water partition coefficient (Wildman–Crippen LogP) is 5.44. The third-order valence-corrected chi connectivity index (χ3v) is 11.0. The second-order valence-corrected chi connectivity index (χ2v) is 16.5. The van der Waals surface area contributed by atoms with E-state index >= 15 is 0 Å². The molecule has 1 saturated carbocycles. The highest BCUT2D eigenvalue weighted by atomic mass is 35.5. The SMILES string of the molecule is CC(C)(C)C(=O)N(C1C[C@@H](C(=O)N2CCOCC2)N(C(=O)[C@@H]2CN(C(C)(C)C)C[C@H]2c2ccc(Cl)cc2)C1)[C@H]1CC[C@@H](C)CC1. The first-order valence-corrected chi connectivity index (χ1v) is 17.5. The second kappa shape index (κ2) is 13.5. The molecule has 0 radical (unpaired) electrons. The number of halogens is 1. The van der Waals surface area contributed by atoms with Gasteiger partial charge in [0.2, 0.25) is 17.7 Å². The van der Waals surface area contributed by atoms with Crippen molar-refractivity contribution in [1.29, 1.82) is 0 Å². The zero-order chi connectivity index (χ0) is 32.7. The van der Waals surface area contributed by atoms with Gasteiger partial charge in [0.1, 0.15) is 6.04 Å². The number of hydrogen-bond acceptors (Lipinski definition) is 5. The van der Waals surface area contributed by atoms with Gasteiger partial charge in [-0.3, -0.25) is 19.3 Å². The lowest BCUT2D eigenvalue weighted by atomic mass is 9.84. The number of carbonyl (C=O) groups is 3. The van der Waals surface area contributed by atoms with Crippen LogP contribution in [0.1, 0.15) is 92.1 Å². The normalized spacial score (nSPS) is 30.0. The van der Waals surface area contributed by atoms with Crippen molar-refractivity contribution >= 4 is 29.3 Å². The lowest BCUT2D eigenvalue weighted by Gasteiger charge is -2.42. The van der Waals surface area contributed by atoms with Crippen LogP contribution < -0.4 is 0 Å². The summed E-state index contributed by atoms with van der Waals surface area (Å²) in [7, 11) is 0. The molecule has 3 amide bonds.